The Morgan fingerprint density at radius 2 is 1.95 bits per heavy atom. The number of hydrogen-bond donors (Lipinski definition) is 1. The van der Waals surface area contributed by atoms with Crippen molar-refractivity contribution in [3.05, 3.63) is 81.1 Å². The second-order valence-corrected chi connectivity index (χ2v) is 6.34. The van der Waals surface area contributed by atoms with E-state index in [4.69, 9.17) is 16.0 Å². The van der Waals surface area contributed by atoms with Crippen molar-refractivity contribution in [1.82, 2.24) is 5.32 Å². The Kier molecular flexibility index (Phi) is 4.39. The van der Waals surface area contributed by atoms with Crippen molar-refractivity contribution in [3.8, 4) is 0 Å². The summed E-state index contributed by atoms with van der Waals surface area (Å²) in [6, 6.07) is 14.0. The lowest BCUT2D eigenvalue weighted by Crippen LogP contribution is -2.20. The Hall–Kier alpha value is -1.62. The van der Waals surface area contributed by atoms with Gasteiger partial charge in [-0.25, -0.2) is 4.39 Å². The third-order valence-corrected chi connectivity index (χ3v) is 4.43. The van der Waals surface area contributed by atoms with Crippen LogP contribution in [0.1, 0.15) is 22.2 Å². The Morgan fingerprint density at radius 3 is 2.57 bits per heavy atom. The van der Waals surface area contributed by atoms with Gasteiger partial charge in [0.15, 0.2) is 0 Å². The largest absolute Gasteiger partial charge is 0.467 e. The molecule has 3 rings (SSSR count). The lowest BCUT2D eigenvalue weighted by Gasteiger charge is -2.15. The van der Waals surface area contributed by atoms with Gasteiger partial charge in [-0.1, -0.05) is 23.7 Å². The fourth-order valence-electron chi connectivity index (χ4n) is 2.10. The molecular formula is C16H13ClFNOS. The standard InChI is InChI=1S/C16H13ClFNOS/c17-15-8-7-14(21-15)16(13-2-1-9-20-13)19-10-11-3-5-12(18)6-4-11/h1-9,16,19H,10H2. The van der Waals surface area contributed by atoms with Crippen LogP contribution in [0.25, 0.3) is 0 Å². The molecule has 1 atom stereocenters. The van der Waals surface area contributed by atoms with E-state index >= 15 is 0 Å². The molecule has 0 aliphatic heterocycles. The Labute approximate surface area is 131 Å². The smallest absolute Gasteiger partial charge is 0.126 e. The first-order valence-electron chi connectivity index (χ1n) is 6.49. The van der Waals surface area contributed by atoms with Gasteiger partial charge in [-0.05, 0) is 42.0 Å². The van der Waals surface area contributed by atoms with Gasteiger partial charge in [0, 0.05) is 11.4 Å². The molecule has 1 unspecified atom stereocenters. The number of nitrogens with one attached hydrogen (secondary N) is 1. The van der Waals surface area contributed by atoms with Crippen molar-refractivity contribution in [2.75, 3.05) is 0 Å². The van der Waals surface area contributed by atoms with Gasteiger partial charge < -0.3 is 4.42 Å². The van der Waals surface area contributed by atoms with Crippen molar-refractivity contribution in [2.24, 2.45) is 0 Å². The highest BCUT2D eigenvalue weighted by Gasteiger charge is 2.18. The molecular weight excluding hydrogens is 309 g/mol. The molecule has 108 valence electrons. The second kappa shape index (κ2) is 6.43. The highest BCUT2D eigenvalue weighted by Crippen LogP contribution is 2.31. The van der Waals surface area contributed by atoms with Crippen molar-refractivity contribution in [2.45, 2.75) is 12.6 Å². The van der Waals surface area contributed by atoms with Gasteiger partial charge in [-0.2, -0.15) is 0 Å². The van der Waals surface area contributed by atoms with Crippen LogP contribution in [-0.2, 0) is 6.54 Å². The molecule has 0 aliphatic rings. The first-order valence-corrected chi connectivity index (χ1v) is 7.68. The van der Waals surface area contributed by atoms with Crippen LogP contribution in [0.15, 0.2) is 59.2 Å². The van der Waals surface area contributed by atoms with E-state index in [9.17, 15) is 4.39 Å². The van der Waals surface area contributed by atoms with E-state index in [1.807, 2.05) is 24.3 Å². The van der Waals surface area contributed by atoms with Crippen molar-refractivity contribution in [1.29, 1.82) is 0 Å². The van der Waals surface area contributed by atoms with Gasteiger partial charge in [0.2, 0.25) is 0 Å². The van der Waals surface area contributed by atoms with Crippen LogP contribution in [0, 0.1) is 5.82 Å². The van der Waals surface area contributed by atoms with Crippen LogP contribution in [-0.4, -0.2) is 0 Å². The summed E-state index contributed by atoms with van der Waals surface area (Å²) in [6.45, 7) is 0.612. The summed E-state index contributed by atoms with van der Waals surface area (Å²) in [5.74, 6) is 0.599. The predicted octanol–water partition coefficient (Wildman–Crippen LogP) is 5.01. The minimum Gasteiger partial charge on any atom is -0.467 e. The zero-order chi connectivity index (χ0) is 14.7. The van der Waals surface area contributed by atoms with E-state index in [2.05, 4.69) is 5.32 Å². The molecule has 0 radical (unpaired) electrons. The Bertz CT molecular complexity index is 693. The second-order valence-electron chi connectivity index (χ2n) is 4.60. The maximum atomic E-state index is 12.9. The summed E-state index contributed by atoms with van der Waals surface area (Å²) < 4.78 is 19.2. The molecule has 0 spiro atoms. The fraction of sp³-hybridized carbons (Fsp3) is 0.125. The average Bonchev–Trinajstić information content (AvgIpc) is 3.13. The van der Waals surface area contributed by atoms with Crippen molar-refractivity contribution in [3.63, 3.8) is 0 Å². The Morgan fingerprint density at radius 1 is 1.14 bits per heavy atom. The Balaban J connectivity index is 1.78. The molecule has 21 heavy (non-hydrogen) atoms. The third kappa shape index (κ3) is 3.53. The van der Waals surface area contributed by atoms with Gasteiger partial charge in [-0.3, -0.25) is 5.32 Å². The maximum Gasteiger partial charge on any atom is 0.126 e. The first-order chi connectivity index (χ1) is 10.2. The number of furan rings is 1. The predicted molar refractivity (Wildman–Crippen MR) is 83.1 cm³/mol. The molecule has 2 heterocycles. The van der Waals surface area contributed by atoms with Crippen LogP contribution in [0.4, 0.5) is 4.39 Å². The molecule has 5 heteroatoms. The van der Waals surface area contributed by atoms with E-state index in [-0.39, 0.29) is 11.9 Å². The summed E-state index contributed by atoms with van der Waals surface area (Å²) in [5.41, 5.74) is 1.01. The molecule has 0 bridgehead atoms. The normalized spacial score (nSPS) is 12.5. The zero-order valence-electron chi connectivity index (χ0n) is 11.1. The molecule has 0 saturated carbocycles. The number of rotatable bonds is 5. The summed E-state index contributed by atoms with van der Waals surface area (Å²) in [7, 11) is 0. The van der Waals surface area contributed by atoms with Gasteiger partial charge in [0.25, 0.3) is 0 Å². The van der Waals surface area contributed by atoms with Crippen LogP contribution in [0.2, 0.25) is 4.34 Å². The minimum atomic E-state index is -0.230. The molecule has 0 fully saturated rings. The van der Waals surface area contributed by atoms with Crippen LogP contribution in [0.5, 0.6) is 0 Å². The monoisotopic (exact) mass is 321 g/mol. The summed E-state index contributed by atoms with van der Waals surface area (Å²) in [6.07, 6.45) is 1.65. The number of benzene rings is 1. The summed E-state index contributed by atoms with van der Waals surface area (Å²) >= 11 is 7.53. The summed E-state index contributed by atoms with van der Waals surface area (Å²) in [5, 5.41) is 3.42. The van der Waals surface area contributed by atoms with E-state index in [0.717, 1.165) is 20.5 Å². The lowest BCUT2D eigenvalue weighted by molar-refractivity contribution is 0.449. The molecule has 1 N–H and O–H groups in total. The first kappa shape index (κ1) is 14.3. The zero-order valence-corrected chi connectivity index (χ0v) is 12.6. The highest BCUT2D eigenvalue weighted by atomic mass is 35.5. The third-order valence-electron chi connectivity index (χ3n) is 3.13. The molecule has 0 aliphatic carbocycles. The van der Waals surface area contributed by atoms with Crippen LogP contribution in [0.3, 0.4) is 0 Å². The molecule has 3 aromatic rings. The van der Waals surface area contributed by atoms with Gasteiger partial charge in [-0.15, -0.1) is 11.3 Å². The number of hydrogen-bond acceptors (Lipinski definition) is 3. The summed E-state index contributed by atoms with van der Waals surface area (Å²) in [4.78, 5) is 1.08. The fourth-order valence-corrected chi connectivity index (χ4v) is 3.25. The van der Waals surface area contributed by atoms with E-state index in [1.165, 1.54) is 23.5 Å². The minimum absolute atomic E-state index is 0.0671. The number of halogens is 2. The lowest BCUT2D eigenvalue weighted by atomic mass is 10.1. The van der Waals surface area contributed by atoms with Crippen LogP contribution < -0.4 is 5.32 Å². The van der Waals surface area contributed by atoms with Gasteiger partial charge in [0.1, 0.15) is 17.6 Å². The van der Waals surface area contributed by atoms with Crippen molar-refractivity contribution >= 4 is 22.9 Å². The molecule has 2 aromatic heterocycles. The number of thiophene rings is 1. The maximum absolute atomic E-state index is 12.9. The van der Waals surface area contributed by atoms with Crippen molar-refractivity contribution < 1.29 is 8.81 Å². The molecule has 2 nitrogen and oxygen atoms in total. The topological polar surface area (TPSA) is 25.2 Å². The average molecular weight is 322 g/mol. The van der Waals surface area contributed by atoms with Gasteiger partial charge in [0.05, 0.1) is 10.6 Å². The SMILES string of the molecule is Fc1ccc(CNC(c2ccco2)c2ccc(Cl)s2)cc1. The van der Waals surface area contributed by atoms with E-state index in [0.29, 0.717) is 6.54 Å². The molecule has 0 saturated heterocycles. The highest BCUT2D eigenvalue weighted by molar-refractivity contribution is 7.16. The van der Waals surface area contributed by atoms with E-state index in [1.54, 1.807) is 18.4 Å². The van der Waals surface area contributed by atoms with Gasteiger partial charge >= 0.3 is 0 Å². The molecule has 0 amide bonds. The van der Waals surface area contributed by atoms with Crippen LogP contribution >= 0.6 is 22.9 Å². The van der Waals surface area contributed by atoms with E-state index < -0.39 is 0 Å². The quantitative estimate of drug-likeness (QED) is 0.714. The molecule has 1 aromatic carbocycles.